The molecule has 0 atom stereocenters. The highest BCUT2D eigenvalue weighted by Gasteiger charge is 2.56. The van der Waals surface area contributed by atoms with E-state index in [4.69, 9.17) is 4.74 Å². The summed E-state index contributed by atoms with van der Waals surface area (Å²) in [6.45, 7) is 9.92. The van der Waals surface area contributed by atoms with Gasteiger partial charge in [0.2, 0.25) is 0 Å². The molecule has 5 rings (SSSR count). The fourth-order valence-corrected chi connectivity index (χ4v) is 5.20. The zero-order valence-electron chi connectivity index (χ0n) is 12.7. The molecule has 0 spiro atoms. The van der Waals surface area contributed by atoms with Crippen LogP contribution in [0.2, 0.25) is 0 Å². The van der Waals surface area contributed by atoms with Crippen molar-refractivity contribution >= 4 is 0 Å². The largest absolute Gasteiger partial charge is 0.497 e. The zero-order chi connectivity index (χ0) is 14.0. The van der Waals surface area contributed by atoms with Crippen LogP contribution < -0.4 is 4.74 Å². The van der Waals surface area contributed by atoms with Gasteiger partial charge in [-0.2, -0.15) is 0 Å². The number of hydrogen-bond acceptors (Lipinski definition) is 3. The van der Waals surface area contributed by atoms with E-state index in [0.717, 1.165) is 5.75 Å². The quantitative estimate of drug-likeness (QED) is 0.823. The van der Waals surface area contributed by atoms with Crippen molar-refractivity contribution in [3.63, 3.8) is 0 Å². The second-order valence-electron chi connectivity index (χ2n) is 7.75. The molecule has 4 saturated heterocycles. The molecular formula is C17H24N2O. The van der Waals surface area contributed by atoms with E-state index < -0.39 is 0 Å². The molecule has 4 aliphatic rings. The van der Waals surface area contributed by atoms with Gasteiger partial charge in [0.15, 0.2) is 0 Å². The molecule has 0 unspecified atom stereocenters. The van der Waals surface area contributed by atoms with Crippen LogP contribution >= 0.6 is 0 Å². The van der Waals surface area contributed by atoms with Crippen LogP contribution in [0.15, 0.2) is 24.3 Å². The van der Waals surface area contributed by atoms with E-state index >= 15 is 0 Å². The molecule has 108 valence electrons. The molecule has 0 N–H and O–H groups in total. The van der Waals surface area contributed by atoms with Crippen LogP contribution in [0.25, 0.3) is 0 Å². The Morgan fingerprint density at radius 2 is 1.45 bits per heavy atom. The van der Waals surface area contributed by atoms with Crippen LogP contribution in [0.3, 0.4) is 0 Å². The zero-order valence-corrected chi connectivity index (χ0v) is 12.7. The summed E-state index contributed by atoms with van der Waals surface area (Å²) < 4.78 is 5.28. The first-order valence-electron chi connectivity index (χ1n) is 7.63. The van der Waals surface area contributed by atoms with Crippen molar-refractivity contribution in [2.24, 2.45) is 10.8 Å². The Kier molecular flexibility index (Phi) is 2.52. The van der Waals surface area contributed by atoms with Crippen LogP contribution in [0.1, 0.15) is 32.0 Å². The van der Waals surface area contributed by atoms with E-state index in [9.17, 15) is 0 Å². The van der Waals surface area contributed by atoms with Gasteiger partial charge in [-0.3, -0.25) is 9.80 Å². The number of piperidine rings is 2. The molecule has 0 saturated carbocycles. The molecule has 20 heavy (non-hydrogen) atoms. The third-order valence-corrected chi connectivity index (χ3v) is 5.30. The van der Waals surface area contributed by atoms with Crippen molar-refractivity contribution < 1.29 is 4.74 Å². The lowest BCUT2D eigenvalue weighted by molar-refractivity contribution is -0.194. The van der Waals surface area contributed by atoms with E-state index in [1.54, 1.807) is 7.11 Å². The predicted molar refractivity (Wildman–Crippen MR) is 79.7 cm³/mol. The maximum Gasteiger partial charge on any atom is 0.118 e. The summed E-state index contributed by atoms with van der Waals surface area (Å²) in [5, 5.41) is 0. The SMILES string of the molecule is COc1ccc(C2N3CC4(C)CN2CC(C)(C3)C4)cc1. The number of hydrogen-bond donors (Lipinski definition) is 0. The number of nitrogens with zero attached hydrogens (tertiary/aromatic N) is 2. The minimum Gasteiger partial charge on any atom is -0.497 e. The third kappa shape index (κ3) is 1.80. The Bertz CT molecular complexity index is 488. The highest BCUT2D eigenvalue weighted by atomic mass is 16.5. The molecule has 4 fully saturated rings. The van der Waals surface area contributed by atoms with Crippen LogP contribution in [-0.4, -0.2) is 43.1 Å². The fraction of sp³-hybridized carbons (Fsp3) is 0.647. The first kappa shape index (κ1) is 12.7. The molecular weight excluding hydrogens is 248 g/mol. The minimum absolute atomic E-state index is 0.474. The van der Waals surface area contributed by atoms with Gasteiger partial charge in [0.05, 0.1) is 13.3 Å². The standard InChI is InChI=1S/C17H24N2O/c1-16-8-17(2)11-18(9-16)15(19(10-16)12-17)13-4-6-14(20-3)7-5-13/h4-7,15H,8-12H2,1-3H3. The van der Waals surface area contributed by atoms with Gasteiger partial charge >= 0.3 is 0 Å². The van der Waals surface area contributed by atoms with Crippen molar-refractivity contribution in [3.8, 4) is 5.75 Å². The molecule has 1 aromatic rings. The molecule has 4 aliphatic heterocycles. The van der Waals surface area contributed by atoms with Crippen LogP contribution in [0.5, 0.6) is 5.75 Å². The highest BCUT2D eigenvalue weighted by Crippen LogP contribution is 2.54. The lowest BCUT2D eigenvalue weighted by Crippen LogP contribution is -2.70. The molecule has 4 bridgehead atoms. The van der Waals surface area contributed by atoms with Gasteiger partial charge in [0, 0.05) is 26.2 Å². The van der Waals surface area contributed by atoms with Gasteiger partial charge < -0.3 is 4.74 Å². The normalized spacial score (nSPS) is 45.6. The summed E-state index contributed by atoms with van der Waals surface area (Å²) in [5.41, 5.74) is 2.40. The summed E-state index contributed by atoms with van der Waals surface area (Å²) in [6.07, 6.45) is 1.87. The molecule has 3 nitrogen and oxygen atoms in total. The lowest BCUT2D eigenvalue weighted by atomic mass is 9.63. The van der Waals surface area contributed by atoms with Crippen LogP contribution in [0.4, 0.5) is 0 Å². The first-order chi connectivity index (χ1) is 9.50. The Balaban J connectivity index is 1.67. The second kappa shape index (κ2) is 3.99. The molecule has 0 aliphatic carbocycles. The summed E-state index contributed by atoms with van der Waals surface area (Å²) in [7, 11) is 1.73. The smallest absolute Gasteiger partial charge is 0.118 e. The van der Waals surface area contributed by atoms with Gasteiger partial charge in [-0.25, -0.2) is 0 Å². The van der Waals surface area contributed by atoms with Crippen molar-refractivity contribution in [1.29, 1.82) is 0 Å². The number of benzene rings is 1. The first-order valence-corrected chi connectivity index (χ1v) is 7.63. The summed E-state index contributed by atoms with van der Waals surface area (Å²) in [4.78, 5) is 5.39. The van der Waals surface area contributed by atoms with E-state index in [1.165, 1.54) is 38.2 Å². The summed E-state index contributed by atoms with van der Waals surface area (Å²) in [6, 6.07) is 8.64. The fourth-order valence-electron chi connectivity index (χ4n) is 5.20. The van der Waals surface area contributed by atoms with Gasteiger partial charge in [-0.1, -0.05) is 26.0 Å². The van der Waals surface area contributed by atoms with Crippen molar-refractivity contribution in [3.05, 3.63) is 29.8 Å². The van der Waals surface area contributed by atoms with Crippen molar-refractivity contribution in [2.75, 3.05) is 33.3 Å². The monoisotopic (exact) mass is 272 g/mol. The highest BCUT2D eigenvalue weighted by molar-refractivity contribution is 5.30. The van der Waals surface area contributed by atoms with Crippen LogP contribution in [-0.2, 0) is 0 Å². The average molecular weight is 272 g/mol. The molecule has 1 aromatic carbocycles. The average Bonchev–Trinajstić information content (AvgIpc) is 2.35. The van der Waals surface area contributed by atoms with Gasteiger partial charge in [0.25, 0.3) is 0 Å². The van der Waals surface area contributed by atoms with Crippen molar-refractivity contribution in [2.45, 2.75) is 26.4 Å². The van der Waals surface area contributed by atoms with Crippen LogP contribution in [0, 0.1) is 10.8 Å². The van der Waals surface area contributed by atoms with Crippen molar-refractivity contribution in [1.82, 2.24) is 9.80 Å². The van der Waals surface area contributed by atoms with E-state index in [2.05, 4.69) is 47.9 Å². The lowest BCUT2D eigenvalue weighted by Gasteiger charge is -2.66. The Hall–Kier alpha value is -1.06. The summed E-state index contributed by atoms with van der Waals surface area (Å²) in [5.74, 6) is 0.946. The van der Waals surface area contributed by atoms with Gasteiger partial charge in [-0.15, -0.1) is 0 Å². The molecule has 0 amide bonds. The predicted octanol–water partition coefficient (Wildman–Crippen LogP) is 2.74. The molecule has 3 heteroatoms. The topological polar surface area (TPSA) is 15.7 Å². The van der Waals surface area contributed by atoms with Gasteiger partial charge in [0.1, 0.15) is 5.75 Å². The maximum absolute atomic E-state index is 5.28. The Morgan fingerprint density at radius 3 is 1.90 bits per heavy atom. The number of ether oxygens (including phenoxy) is 1. The Labute approximate surface area is 121 Å². The number of rotatable bonds is 2. The van der Waals surface area contributed by atoms with Gasteiger partial charge in [-0.05, 0) is 34.9 Å². The minimum atomic E-state index is 0.474. The Morgan fingerprint density at radius 1 is 0.950 bits per heavy atom. The van der Waals surface area contributed by atoms with E-state index in [-0.39, 0.29) is 0 Å². The van der Waals surface area contributed by atoms with E-state index in [0.29, 0.717) is 17.0 Å². The second-order valence-corrected chi connectivity index (χ2v) is 7.75. The maximum atomic E-state index is 5.28. The van der Waals surface area contributed by atoms with E-state index in [1.807, 2.05) is 0 Å². The number of methoxy groups -OCH3 is 1. The summed E-state index contributed by atoms with van der Waals surface area (Å²) >= 11 is 0. The third-order valence-electron chi connectivity index (χ3n) is 5.30. The molecule has 4 heterocycles. The molecule has 0 radical (unpaired) electrons. The molecule has 0 aromatic heterocycles.